The molecule has 2 saturated heterocycles. The van der Waals surface area contributed by atoms with Crippen molar-refractivity contribution < 1.29 is 4.74 Å². The van der Waals surface area contributed by atoms with E-state index in [2.05, 4.69) is 23.1 Å². The first-order valence-electron chi connectivity index (χ1n) is 8.39. The maximum atomic E-state index is 6.19. The van der Waals surface area contributed by atoms with E-state index in [9.17, 15) is 0 Å². The SMILES string of the molecule is c1c(CNC2CCOC3(CCSCC3)C2)sc2c1CCC2. The van der Waals surface area contributed by atoms with Gasteiger partial charge < -0.3 is 10.1 Å². The van der Waals surface area contributed by atoms with Gasteiger partial charge in [-0.25, -0.2) is 0 Å². The summed E-state index contributed by atoms with van der Waals surface area (Å²) in [6.07, 6.45) is 8.90. The fraction of sp³-hybridized carbons (Fsp3) is 0.765. The Morgan fingerprint density at radius 2 is 2.19 bits per heavy atom. The topological polar surface area (TPSA) is 21.3 Å². The van der Waals surface area contributed by atoms with Crippen molar-refractivity contribution in [2.75, 3.05) is 18.1 Å². The van der Waals surface area contributed by atoms with E-state index < -0.39 is 0 Å². The molecule has 3 aliphatic rings. The van der Waals surface area contributed by atoms with E-state index in [0.717, 1.165) is 13.2 Å². The highest BCUT2D eigenvalue weighted by Gasteiger charge is 2.38. The monoisotopic (exact) mass is 323 g/mol. The van der Waals surface area contributed by atoms with Crippen molar-refractivity contribution >= 4 is 23.1 Å². The van der Waals surface area contributed by atoms with Crippen molar-refractivity contribution in [2.24, 2.45) is 0 Å². The lowest BCUT2D eigenvalue weighted by Gasteiger charge is -2.43. The summed E-state index contributed by atoms with van der Waals surface area (Å²) in [4.78, 5) is 3.19. The molecule has 4 heteroatoms. The summed E-state index contributed by atoms with van der Waals surface area (Å²) >= 11 is 4.13. The molecule has 0 amide bonds. The number of thioether (sulfide) groups is 1. The third-order valence-corrected chi connectivity index (χ3v) is 7.48. The van der Waals surface area contributed by atoms with Gasteiger partial charge in [-0.2, -0.15) is 11.8 Å². The van der Waals surface area contributed by atoms with Crippen LogP contribution in [0.4, 0.5) is 0 Å². The quantitative estimate of drug-likeness (QED) is 0.915. The van der Waals surface area contributed by atoms with Crippen molar-refractivity contribution in [2.45, 2.75) is 63.1 Å². The molecule has 1 atom stereocenters. The van der Waals surface area contributed by atoms with Gasteiger partial charge in [0.1, 0.15) is 0 Å². The molecule has 1 aliphatic carbocycles. The first-order chi connectivity index (χ1) is 10.3. The lowest BCUT2D eigenvalue weighted by atomic mass is 9.85. The van der Waals surface area contributed by atoms with E-state index in [1.54, 1.807) is 15.3 Å². The van der Waals surface area contributed by atoms with Crippen LogP contribution >= 0.6 is 23.1 Å². The van der Waals surface area contributed by atoms with Crippen molar-refractivity contribution in [1.82, 2.24) is 5.32 Å². The highest BCUT2D eigenvalue weighted by atomic mass is 32.2. The lowest BCUT2D eigenvalue weighted by molar-refractivity contribution is -0.0933. The van der Waals surface area contributed by atoms with Crippen LogP contribution in [0.3, 0.4) is 0 Å². The molecule has 1 unspecified atom stereocenters. The number of thiophene rings is 1. The summed E-state index contributed by atoms with van der Waals surface area (Å²) in [6, 6.07) is 3.10. The molecule has 1 aromatic rings. The molecule has 2 fully saturated rings. The molecule has 3 heterocycles. The minimum atomic E-state index is 0.207. The fourth-order valence-corrected chi connectivity index (χ4v) is 6.47. The molecule has 1 spiro atoms. The van der Waals surface area contributed by atoms with Crippen LogP contribution in [0.5, 0.6) is 0 Å². The molecule has 0 aromatic carbocycles. The molecule has 2 aliphatic heterocycles. The van der Waals surface area contributed by atoms with E-state index in [0.29, 0.717) is 6.04 Å². The smallest absolute Gasteiger partial charge is 0.0713 e. The van der Waals surface area contributed by atoms with Crippen LogP contribution < -0.4 is 5.32 Å². The van der Waals surface area contributed by atoms with Crippen LogP contribution in [-0.2, 0) is 24.1 Å². The molecule has 1 N–H and O–H groups in total. The summed E-state index contributed by atoms with van der Waals surface area (Å²) in [5.41, 5.74) is 1.84. The van der Waals surface area contributed by atoms with Gasteiger partial charge in [-0.05, 0) is 68.1 Å². The number of aryl methyl sites for hydroxylation is 2. The van der Waals surface area contributed by atoms with Gasteiger partial charge >= 0.3 is 0 Å². The summed E-state index contributed by atoms with van der Waals surface area (Å²) in [7, 11) is 0. The Hall–Kier alpha value is -0.0300. The fourth-order valence-electron chi connectivity index (χ4n) is 4.02. The van der Waals surface area contributed by atoms with E-state index in [1.807, 2.05) is 11.3 Å². The molecule has 1 aromatic heterocycles. The van der Waals surface area contributed by atoms with Crippen LogP contribution in [0.15, 0.2) is 6.07 Å². The Balaban J connectivity index is 1.33. The number of nitrogens with one attached hydrogen (secondary N) is 1. The molecule has 21 heavy (non-hydrogen) atoms. The Morgan fingerprint density at radius 1 is 1.29 bits per heavy atom. The number of fused-ring (bicyclic) bond motifs is 1. The molecular weight excluding hydrogens is 298 g/mol. The van der Waals surface area contributed by atoms with Crippen LogP contribution in [-0.4, -0.2) is 29.8 Å². The van der Waals surface area contributed by atoms with E-state index in [4.69, 9.17) is 4.74 Å². The molecule has 0 radical (unpaired) electrons. The molecule has 2 nitrogen and oxygen atoms in total. The normalized spacial score (nSPS) is 27.9. The molecule has 0 bridgehead atoms. The van der Waals surface area contributed by atoms with E-state index >= 15 is 0 Å². The highest BCUT2D eigenvalue weighted by Crippen LogP contribution is 2.38. The predicted molar refractivity (Wildman–Crippen MR) is 91.4 cm³/mol. The predicted octanol–water partition coefficient (Wildman–Crippen LogP) is 3.77. The second kappa shape index (κ2) is 6.23. The van der Waals surface area contributed by atoms with Crippen LogP contribution in [0.2, 0.25) is 0 Å². The van der Waals surface area contributed by atoms with E-state index in [1.165, 1.54) is 56.5 Å². The van der Waals surface area contributed by atoms with Gasteiger partial charge in [0.15, 0.2) is 0 Å². The minimum Gasteiger partial charge on any atom is -0.375 e. The Labute approximate surface area is 136 Å². The lowest BCUT2D eigenvalue weighted by Crippen LogP contribution is -2.48. The number of rotatable bonds is 3. The van der Waals surface area contributed by atoms with Gasteiger partial charge in [-0.15, -0.1) is 11.3 Å². The number of ether oxygens (including phenoxy) is 1. The Kier molecular flexibility index (Phi) is 4.32. The zero-order valence-electron chi connectivity index (χ0n) is 12.7. The van der Waals surface area contributed by atoms with Gasteiger partial charge in [0, 0.05) is 28.9 Å². The first kappa shape index (κ1) is 14.6. The molecule has 0 saturated carbocycles. The van der Waals surface area contributed by atoms with Crippen molar-refractivity contribution in [3.63, 3.8) is 0 Å². The third kappa shape index (κ3) is 3.19. The third-order valence-electron chi connectivity index (χ3n) is 5.26. The molecule has 116 valence electrons. The van der Waals surface area contributed by atoms with E-state index in [-0.39, 0.29) is 5.60 Å². The largest absolute Gasteiger partial charge is 0.375 e. The summed E-state index contributed by atoms with van der Waals surface area (Å²) in [6.45, 7) is 2.01. The molecular formula is C17H25NOS2. The maximum absolute atomic E-state index is 6.19. The maximum Gasteiger partial charge on any atom is 0.0713 e. The van der Waals surface area contributed by atoms with Crippen LogP contribution in [0.25, 0.3) is 0 Å². The Morgan fingerprint density at radius 3 is 3.05 bits per heavy atom. The minimum absolute atomic E-state index is 0.207. The molecule has 4 rings (SSSR count). The van der Waals surface area contributed by atoms with Crippen molar-refractivity contribution in [3.8, 4) is 0 Å². The zero-order chi connectivity index (χ0) is 14.1. The second-order valence-electron chi connectivity index (χ2n) is 6.73. The van der Waals surface area contributed by atoms with Gasteiger partial charge in [0.05, 0.1) is 5.60 Å². The second-order valence-corrected chi connectivity index (χ2v) is 9.18. The summed E-state index contributed by atoms with van der Waals surface area (Å²) in [5.74, 6) is 2.56. The van der Waals surface area contributed by atoms with Crippen molar-refractivity contribution in [3.05, 3.63) is 21.4 Å². The summed E-state index contributed by atoms with van der Waals surface area (Å²) in [5, 5.41) is 3.82. The van der Waals surface area contributed by atoms with Gasteiger partial charge in [0.2, 0.25) is 0 Å². The van der Waals surface area contributed by atoms with Gasteiger partial charge in [0.25, 0.3) is 0 Å². The van der Waals surface area contributed by atoms with Crippen LogP contribution in [0.1, 0.15) is 47.4 Å². The summed E-state index contributed by atoms with van der Waals surface area (Å²) < 4.78 is 6.19. The zero-order valence-corrected chi connectivity index (χ0v) is 14.3. The number of hydrogen-bond donors (Lipinski definition) is 1. The van der Waals surface area contributed by atoms with Crippen molar-refractivity contribution in [1.29, 1.82) is 0 Å². The standard InChI is InChI=1S/C17H25NOS2/c1-2-13-10-15(21-16(13)3-1)12-18-14-4-7-19-17(11-14)5-8-20-9-6-17/h10,14,18H,1-9,11-12H2. The van der Waals surface area contributed by atoms with Gasteiger partial charge in [-0.1, -0.05) is 0 Å². The van der Waals surface area contributed by atoms with Gasteiger partial charge in [-0.3, -0.25) is 0 Å². The average molecular weight is 324 g/mol. The number of hydrogen-bond acceptors (Lipinski definition) is 4. The average Bonchev–Trinajstić information content (AvgIpc) is 3.07. The first-order valence-corrected chi connectivity index (χ1v) is 10.4. The van der Waals surface area contributed by atoms with Crippen LogP contribution in [0, 0.1) is 0 Å². The Bertz CT molecular complexity index is 466. The highest BCUT2D eigenvalue weighted by molar-refractivity contribution is 7.99.